The lowest BCUT2D eigenvalue weighted by Gasteiger charge is -2.68. The molecule has 5 aliphatic rings. The number of Topliss-reactive ketones (excluding diaryl/α,β-unsaturated/α-hetero) is 1. The summed E-state index contributed by atoms with van der Waals surface area (Å²) in [7, 11) is -8.19. The number of carbonyl (C=O) groups is 5. The molecule has 0 aromatic heterocycles. The van der Waals surface area contributed by atoms with Crippen molar-refractivity contribution in [2.75, 3.05) is 18.1 Å². The molecule has 14 nitrogen and oxygen atoms in total. The largest absolute Gasteiger partial charge is 0.459 e. The Morgan fingerprint density at radius 1 is 0.829 bits per heavy atom. The molecule has 2 saturated carbocycles. The number of nitrogens with one attached hydrogen (secondary N) is 1. The van der Waals surface area contributed by atoms with Gasteiger partial charge >= 0.3 is 17.9 Å². The van der Waals surface area contributed by atoms with E-state index in [-0.39, 0.29) is 49.0 Å². The minimum atomic E-state index is -2.84. The van der Waals surface area contributed by atoms with E-state index in [0.717, 1.165) is 30.3 Å². The first-order valence-electron chi connectivity index (χ1n) is 28.7. The molecule has 18 heteroatoms. The molecular weight excluding hydrogens is 1030 g/mol. The van der Waals surface area contributed by atoms with Gasteiger partial charge in [-0.15, -0.1) is 0 Å². The smallest absolute Gasteiger partial charge is 0.337 e. The van der Waals surface area contributed by atoms with E-state index >= 15 is 9.59 Å². The topological polar surface area (TPSA) is 182 Å². The average molecular weight is 1130 g/mol. The van der Waals surface area contributed by atoms with Crippen LogP contribution in [-0.2, 0) is 56.2 Å². The molecule has 2 aliphatic heterocycles. The standard InChI is InChI=1S/C58H95NO13SSi3/c1-17-75(18-2,19-3)70-42-35-43-57(37-66-43,69-39(8)60)50-52-58(65)36-41(38(7)46(55(58,12)13)48(51(63)56(42,50)14)72-76(20-4,21-5)22-6)67-53(64)49(71-74(15,16)54(9,10)11)47(40-29-24-23-25-30-40)59-44(61)31-26-27-33-73-34-28-32-45(62)68-52/h23-25,29-30,41-43,47-50,52,65H,17-22,26-28,31-37H2,1-16H3,(H,59,61)/t41-,42+,43-,47-,48+,49+,50+,52-,56-,57-,58-/m1/s1. The van der Waals surface area contributed by atoms with E-state index in [1.807, 2.05) is 58.0 Å². The van der Waals surface area contributed by atoms with E-state index in [4.69, 9.17) is 32.2 Å². The van der Waals surface area contributed by atoms with Crippen molar-refractivity contribution in [3.8, 4) is 0 Å². The number of rotatable bonds is 14. The Morgan fingerprint density at radius 2 is 1.42 bits per heavy atom. The third-order valence-electron chi connectivity index (χ3n) is 19.6. The van der Waals surface area contributed by atoms with Crippen LogP contribution in [0, 0.1) is 16.7 Å². The molecule has 428 valence electrons. The fourth-order valence-electron chi connectivity index (χ4n) is 13.1. The molecule has 3 aliphatic carbocycles. The van der Waals surface area contributed by atoms with Crippen LogP contribution in [0.25, 0.3) is 0 Å². The Kier molecular flexibility index (Phi) is 19.9. The normalized spacial score (nSPS) is 33.3. The molecule has 1 amide bonds. The Hall–Kier alpha value is -2.69. The van der Waals surface area contributed by atoms with Gasteiger partial charge in [-0.2, -0.15) is 11.8 Å². The van der Waals surface area contributed by atoms with Crippen LogP contribution in [0.5, 0.6) is 0 Å². The highest BCUT2D eigenvalue weighted by atomic mass is 32.2. The second-order valence-electron chi connectivity index (χ2n) is 24.9. The average Bonchev–Trinajstić information content (AvgIpc) is 3.41. The number of hydrogen-bond donors (Lipinski definition) is 2. The summed E-state index contributed by atoms with van der Waals surface area (Å²) in [6.07, 6.45) is -4.95. The van der Waals surface area contributed by atoms with Gasteiger partial charge in [-0.05, 0) is 116 Å². The van der Waals surface area contributed by atoms with Gasteiger partial charge in [0.2, 0.25) is 5.91 Å². The summed E-state index contributed by atoms with van der Waals surface area (Å²) in [5, 5.41) is 17.5. The van der Waals surface area contributed by atoms with Gasteiger partial charge in [0.25, 0.3) is 0 Å². The molecule has 4 fully saturated rings. The zero-order valence-electron chi connectivity index (χ0n) is 49.1. The molecule has 76 heavy (non-hydrogen) atoms. The number of hydrogen-bond acceptors (Lipinski definition) is 14. The van der Waals surface area contributed by atoms with Gasteiger partial charge in [-0.3, -0.25) is 19.2 Å². The van der Waals surface area contributed by atoms with Crippen molar-refractivity contribution in [1.29, 1.82) is 0 Å². The molecule has 1 aromatic carbocycles. The Bertz CT molecular complexity index is 2270. The maximum absolute atomic E-state index is 17.2. The zero-order valence-corrected chi connectivity index (χ0v) is 52.9. The van der Waals surface area contributed by atoms with Crippen molar-refractivity contribution in [3.05, 3.63) is 47.0 Å². The van der Waals surface area contributed by atoms with Crippen LogP contribution in [-0.4, -0.2) is 126 Å². The highest BCUT2D eigenvalue weighted by Gasteiger charge is 2.79. The van der Waals surface area contributed by atoms with E-state index in [1.54, 1.807) is 11.8 Å². The number of aliphatic hydroxyl groups is 1. The van der Waals surface area contributed by atoms with E-state index < -0.39 is 113 Å². The highest BCUT2D eigenvalue weighted by molar-refractivity contribution is 7.99. The molecule has 11 atom stereocenters. The Balaban J connectivity index is 1.71. The number of carbonyl (C=O) groups excluding carboxylic acids is 5. The molecule has 0 spiro atoms. The first kappa shape index (κ1) is 62.5. The summed E-state index contributed by atoms with van der Waals surface area (Å²) in [6, 6.07) is 12.8. The van der Waals surface area contributed by atoms with Crippen LogP contribution in [0.3, 0.4) is 0 Å². The number of esters is 3. The van der Waals surface area contributed by atoms with Gasteiger partial charge in [0, 0.05) is 38.0 Å². The van der Waals surface area contributed by atoms with Crippen LogP contribution in [0.4, 0.5) is 0 Å². The molecule has 0 unspecified atom stereocenters. The minimum absolute atomic E-state index is 0.00852. The zero-order chi connectivity index (χ0) is 56.5. The lowest BCUT2D eigenvalue weighted by molar-refractivity contribution is -0.346. The van der Waals surface area contributed by atoms with Gasteiger partial charge in [0.05, 0.1) is 30.1 Å². The first-order chi connectivity index (χ1) is 35.6. The summed E-state index contributed by atoms with van der Waals surface area (Å²) in [5.41, 5.74) is -5.04. The van der Waals surface area contributed by atoms with Crippen LogP contribution in [0.1, 0.15) is 153 Å². The second kappa shape index (κ2) is 24.2. The number of benzene rings is 1. The van der Waals surface area contributed by atoms with E-state index in [1.165, 1.54) is 6.92 Å². The maximum atomic E-state index is 17.2. The molecule has 3 bridgehead atoms. The predicted molar refractivity (Wildman–Crippen MR) is 305 cm³/mol. The summed E-state index contributed by atoms with van der Waals surface area (Å²) in [6.45, 7) is 31.8. The van der Waals surface area contributed by atoms with Crippen molar-refractivity contribution in [2.24, 2.45) is 16.7 Å². The van der Waals surface area contributed by atoms with Crippen molar-refractivity contribution >= 4 is 66.3 Å². The molecule has 2 N–H and O–H groups in total. The van der Waals surface area contributed by atoms with Crippen LogP contribution in [0.15, 0.2) is 41.5 Å². The quantitative estimate of drug-likeness (QED) is 0.0777. The van der Waals surface area contributed by atoms with E-state index in [0.29, 0.717) is 53.4 Å². The molecule has 2 saturated heterocycles. The third kappa shape index (κ3) is 11.7. The number of ether oxygens (including phenoxy) is 4. The van der Waals surface area contributed by atoms with Crippen molar-refractivity contribution < 1.29 is 61.3 Å². The van der Waals surface area contributed by atoms with E-state index in [2.05, 4.69) is 80.7 Å². The fraction of sp³-hybridized carbons (Fsp3) is 0.776. The fourth-order valence-corrected chi connectivity index (χ4v) is 21.0. The molecule has 1 aromatic rings. The van der Waals surface area contributed by atoms with E-state index in [9.17, 15) is 19.5 Å². The maximum Gasteiger partial charge on any atom is 0.337 e. The summed E-state index contributed by atoms with van der Waals surface area (Å²) >= 11 is 1.69. The number of thioether (sulfide) groups is 1. The van der Waals surface area contributed by atoms with Gasteiger partial charge in [0.15, 0.2) is 42.4 Å². The van der Waals surface area contributed by atoms with Gasteiger partial charge in [-0.25, -0.2) is 4.79 Å². The summed E-state index contributed by atoms with van der Waals surface area (Å²) in [4.78, 5) is 75.6. The summed E-state index contributed by atoms with van der Waals surface area (Å²) < 4.78 is 49.3. The number of fused-ring (bicyclic) bond motifs is 6. The Morgan fingerprint density at radius 3 is 1.97 bits per heavy atom. The second-order valence-corrected chi connectivity index (χ2v) is 40.3. The summed E-state index contributed by atoms with van der Waals surface area (Å²) in [5.74, 6) is -2.30. The number of amides is 1. The van der Waals surface area contributed by atoms with Gasteiger partial charge in [-0.1, -0.05) is 106 Å². The van der Waals surface area contributed by atoms with Crippen molar-refractivity contribution in [2.45, 2.75) is 250 Å². The van der Waals surface area contributed by atoms with Gasteiger partial charge in [0.1, 0.15) is 30.0 Å². The lowest BCUT2D eigenvalue weighted by atomic mass is 9.44. The van der Waals surface area contributed by atoms with Crippen molar-refractivity contribution in [3.63, 3.8) is 0 Å². The lowest BCUT2D eigenvalue weighted by Crippen LogP contribution is -2.82. The van der Waals surface area contributed by atoms with Crippen LogP contribution < -0.4 is 5.32 Å². The van der Waals surface area contributed by atoms with Crippen LogP contribution in [0.2, 0.25) is 54.4 Å². The monoisotopic (exact) mass is 1130 g/mol. The minimum Gasteiger partial charge on any atom is -0.459 e. The Labute approximate surface area is 462 Å². The highest BCUT2D eigenvalue weighted by Crippen LogP contribution is 2.65. The van der Waals surface area contributed by atoms with Crippen LogP contribution >= 0.6 is 11.8 Å². The van der Waals surface area contributed by atoms with Gasteiger partial charge < -0.3 is 42.6 Å². The number of ketones is 1. The molecular formula is C58H95NO13SSi3. The molecule has 0 radical (unpaired) electrons. The first-order valence-corrected chi connectivity index (χ1v) is 37.8. The molecule has 2 heterocycles. The predicted octanol–water partition coefficient (Wildman–Crippen LogP) is 11.3. The SMILES string of the molecule is CC[Si](CC)(CC)O[C@@H]1C(=O)[C@]2(C)[C@@H](O[Si](CC)(CC)CC)C[C@H]3OC[C@]3(OC(C)=O)[C@H]2[C@H]2OC(=O)CCCSCCCCC(=O)N[C@H](c3ccccc3)[C@H](O[Si](C)(C)C(C)(C)C)C(=O)O[C@@H]3C[C@]2(O)C(C)(C)C1=C3C. The van der Waals surface area contributed by atoms with Crippen molar-refractivity contribution in [1.82, 2.24) is 5.32 Å². The third-order valence-corrected chi connectivity index (χ3v) is 34.5. The molecule has 6 rings (SSSR count).